The van der Waals surface area contributed by atoms with Crippen LogP contribution in [0.15, 0.2) is 34.0 Å². The summed E-state index contributed by atoms with van der Waals surface area (Å²) in [6, 6.07) is 2.93. The van der Waals surface area contributed by atoms with Crippen LogP contribution in [0.4, 0.5) is 10.1 Å². The van der Waals surface area contributed by atoms with Gasteiger partial charge in [0.1, 0.15) is 16.9 Å². The fraction of sp³-hybridized carbons (Fsp3) is 0.571. The first-order valence-electron chi connectivity index (χ1n) is 10.5. The number of nitrogens with zero attached hydrogens (tertiary/aromatic N) is 2. The summed E-state index contributed by atoms with van der Waals surface area (Å²) in [6.45, 7) is 3.75. The smallest absolute Gasteiger partial charge is 0.368 e. The molecule has 1 N–H and O–H groups in total. The Morgan fingerprint density at radius 2 is 2.19 bits per heavy atom. The molecule has 32 heavy (non-hydrogen) atoms. The number of carbonyl (C=O) groups is 1. The zero-order chi connectivity index (χ0) is 23.5. The summed E-state index contributed by atoms with van der Waals surface area (Å²) in [6.07, 6.45) is 5.65. The lowest BCUT2D eigenvalue weighted by Crippen LogP contribution is -2.45. The Balaban J connectivity index is 2.14. The van der Waals surface area contributed by atoms with Crippen LogP contribution in [0.2, 0.25) is 0 Å². The number of hydrogen-bond acceptors (Lipinski definition) is 7. The van der Waals surface area contributed by atoms with Gasteiger partial charge in [0.25, 0.3) is 0 Å². The van der Waals surface area contributed by atoms with Crippen LogP contribution in [-0.2, 0) is 19.6 Å². The zero-order valence-corrected chi connectivity index (χ0v) is 20.0. The highest BCUT2D eigenvalue weighted by Gasteiger charge is 2.39. The van der Waals surface area contributed by atoms with Gasteiger partial charge in [-0.25, -0.2) is 13.2 Å². The van der Waals surface area contributed by atoms with Gasteiger partial charge in [-0.2, -0.15) is 8.70 Å². The predicted molar refractivity (Wildman–Crippen MR) is 121 cm³/mol. The molecule has 1 fully saturated rings. The molecule has 2 unspecified atom stereocenters. The average molecular weight is 489 g/mol. The number of thioether (sulfide) groups is 1. The number of halogens is 1. The second-order valence-electron chi connectivity index (χ2n) is 7.85. The highest BCUT2D eigenvalue weighted by molar-refractivity contribution is 7.98. The zero-order valence-electron chi connectivity index (χ0n) is 18.4. The van der Waals surface area contributed by atoms with Crippen molar-refractivity contribution in [1.29, 1.82) is 0 Å². The third-order valence-electron chi connectivity index (χ3n) is 5.86. The topological polar surface area (TPSA) is 96.4 Å². The Labute approximate surface area is 192 Å². The summed E-state index contributed by atoms with van der Waals surface area (Å²) in [4.78, 5) is 13.5. The van der Waals surface area contributed by atoms with Gasteiger partial charge in [0.05, 0.1) is 23.2 Å². The Morgan fingerprint density at radius 3 is 2.78 bits per heavy atom. The molecule has 0 aliphatic carbocycles. The molecule has 2 aliphatic heterocycles. The quantitative estimate of drug-likeness (QED) is 0.338. The summed E-state index contributed by atoms with van der Waals surface area (Å²) in [7, 11) is -2.29. The lowest BCUT2D eigenvalue weighted by atomic mass is 10.1. The van der Waals surface area contributed by atoms with Crippen LogP contribution >= 0.6 is 11.8 Å². The van der Waals surface area contributed by atoms with E-state index in [0.717, 1.165) is 25.7 Å². The first kappa shape index (κ1) is 24.8. The maximum Gasteiger partial charge on any atom is 0.368 e. The minimum atomic E-state index is -3.87. The standard InChI is InChI=1S/C21H29FN2O6S2/c1-4-5-6-14-11-24(15-7-8-29-12-15)17-9-19(31-3)18(30-13-16(22)21(25)26)10-20(17)32(27,28)23(14)2/h9-10,13-15H,4-8,11-12H2,1-3H3,(H,25,26)/b16-13-. The molecular weight excluding hydrogens is 459 g/mol. The fourth-order valence-electron chi connectivity index (χ4n) is 4.00. The molecule has 0 bridgehead atoms. The Kier molecular flexibility index (Phi) is 8.07. The minimum absolute atomic E-state index is 0.0467. The average Bonchev–Trinajstić information content (AvgIpc) is 3.28. The third-order valence-corrected chi connectivity index (χ3v) is 8.56. The fourth-order valence-corrected chi connectivity index (χ4v) is 6.11. The number of carboxylic acids is 1. The number of ether oxygens (including phenoxy) is 2. The van der Waals surface area contributed by atoms with Crippen molar-refractivity contribution in [2.45, 2.75) is 54.5 Å². The number of hydrogen-bond donors (Lipinski definition) is 1. The highest BCUT2D eigenvalue weighted by Crippen LogP contribution is 2.42. The molecule has 2 atom stereocenters. The number of anilines is 1. The lowest BCUT2D eigenvalue weighted by Gasteiger charge is -2.33. The first-order valence-corrected chi connectivity index (χ1v) is 13.2. The van der Waals surface area contributed by atoms with E-state index in [1.165, 1.54) is 22.1 Å². The number of fused-ring (bicyclic) bond motifs is 1. The number of unbranched alkanes of at least 4 members (excludes halogenated alkanes) is 1. The monoisotopic (exact) mass is 488 g/mol. The molecule has 0 amide bonds. The number of sulfonamides is 1. The van der Waals surface area contributed by atoms with E-state index in [1.807, 2.05) is 0 Å². The SMILES string of the molecule is CCCCC1CN(C2CCOC2)c2cc(SC)c(O/C=C(\F)C(=O)O)cc2S(=O)(=O)N1C. The van der Waals surface area contributed by atoms with Gasteiger partial charge in [-0.3, -0.25) is 0 Å². The van der Waals surface area contributed by atoms with Crippen molar-refractivity contribution >= 4 is 33.4 Å². The lowest BCUT2D eigenvalue weighted by molar-refractivity contribution is -0.134. The van der Waals surface area contributed by atoms with Gasteiger partial charge in [0.15, 0.2) is 0 Å². The molecule has 178 valence electrons. The van der Waals surface area contributed by atoms with Gasteiger partial charge in [-0.05, 0) is 25.2 Å². The molecule has 3 rings (SSSR count). The van der Waals surface area contributed by atoms with Gasteiger partial charge in [-0.1, -0.05) is 19.8 Å². The van der Waals surface area contributed by atoms with Gasteiger partial charge in [0.2, 0.25) is 15.9 Å². The molecular formula is C21H29FN2O6S2. The van der Waals surface area contributed by atoms with Gasteiger partial charge in [0, 0.05) is 32.3 Å². The molecule has 2 heterocycles. The molecule has 0 radical (unpaired) electrons. The van der Waals surface area contributed by atoms with Crippen LogP contribution < -0.4 is 9.64 Å². The molecule has 11 heteroatoms. The van der Waals surface area contributed by atoms with E-state index in [-0.39, 0.29) is 22.7 Å². The van der Waals surface area contributed by atoms with Crippen LogP contribution in [-0.4, -0.2) is 68.9 Å². The van der Waals surface area contributed by atoms with Crippen LogP contribution in [0.3, 0.4) is 0 Å². The molecule has 8 nitrogen and oxygen atoms in total. The minimum Gasteiger partial charge on any atom is -0.476 e. The Bertz CT molecular complexity index is 979. The van der Waals surface area contributed by atoms with Crippen LogP contribution in [0.5, 0.6) is 5.75 Å². The van der Waals surface area contributed by atoms with Crippen molar-refractivity contribution in [1.82, 2.24) is 4.31 Å². The highest BCUT2D eigenvalue weighted by atomic mass is 32.2. The Hall–Kier alpha value is -1.82. The summed E-state index contributed by atoms with van der Waals surface area (Å²) < 4.78 is 52.9. The van der Waals surface area contributed by atoms with Gasteiger partial charge < -0.3 is 19.5 Å². The summed E-state index contributed by atoms with van der Waals surface area (Å²) in [5, 5.41) is 8.74. The molecule has 1 saturated heterocycles. The van der Waals surface area contributed by atoms with Crippen molar-refractivity contribution in [2.75, 3.05) is 38.0 Å². The maximum atomic E-state index is 13.6. The van der Waals surface area contributed by atoms with E-state index in [1.54, 1.807) is 19.4 Å². The molecule has 0 aromatic heterocycles. The third kappa shape index (κ3) is 5.05. The number of benzene rings is 1. The first-order chi connectivity index (χ1) is 15.2. The van der Waals surface area contributed by atoms with Crippen molar-refractivity contribution in [3.63, 3.8) is 0 Å². The summed E-state index contributed by atoms with van der Waals surface area (Å²) in [5.74, 6) is -3.15. The van der Waals surface area contributed by atoms with Crippen LogP contribution in [0.1, 0.15) is 32.6 Å². The molecule has 1 aromatic carbocycles. The van der Waals surface area contributed by atoms with Crippen molar-refractivity contribution in [3.8, 4) is 5.75 Å². The van der Waals surface area contributed by atoms with Crippen molar-refractivity contribution in [3.05, 3.63) is 24.2 Å². The van der Waals surface area contributed by atoms with Crippen LogP contribution in [0, 0.1) is 0 Å². The number of carboxylic acid groups (broad SMARTS) is 1. The molecule has 1 aromatic rings. The number of aliphatic carboxylic acids is 1. The maximum absolute atomic E-state index is 13.6. The van der Waals surface area contributed by atoms with Crippen LogP contribution in [0.25, 0.3) is 0 Å². The number of likely N-dealkylation sites (N-methyl/N-ethyl adjacent to an activating group) is 1. The van der Waals surface area contributed by atoms with Gasteiger partial charge in [-0.15, -0.1) is 11.8 Å². The van der Waals surface area contributed by atoms with Crippen molar-refractivity contribution < 1.29 is 32.2 Å². The predicted octanol–water partition coefficient (Wildman–Crippen LogP) is 3.47. The van der Waals surface area contributed by atoms with E-state index in [2.05, 4.69) is 11.8 Å². The largest absolute Gasteiger partial charge is 0.476 e. The van der Waals surface area contributed by atoms with E-state index >= 15 is 0 Å². The molecule has 2 aliphatic rings. The summed E-state index contributed by atoms with van der Waals surface area (Å²) >= 11 is 1.30. The summed E-state index contributed by atoms with van der Waals surface area (Å²) in [5.41, 5.74) is 0.561. The van der Waals surface area contributed by atoms with E-state index in [4.69, 9.17) is 14.6 Å². The Morgan fingerprint density at radius 1 is 1.44 bits per heavy atom. The molecule has 0 saturated carbocycles. The van der Waals surface area contributed by atoms with E-state index in [0.29, 0.717) is 36.6 Å². The van der Waals surface area contributed by atoms with Crippen molar-refractivity contribution in [2.24, 2.45) is 0 Å². The second-order valence-corrected chi connectivity index (χ2v) is 10.7. The molecule has 0 spiro atoms. The second kappa shape index (κ2) is 10.4. The number of rotatable bonds is 8. The van der Waals surface area contributed by atoms with E-state index < -0.39 is 21.8 Å². The van der Waals surface area contributed by atoms with Gasteiger partial charge >= 0.3 is 5.97 Å². The normalized spacial score (nSPS) is 23.6. The van der Waals surface area contributed by atoms with E-state index in [9.17, 15) is 17.6 Å².